The molecule has 138 valence electrons. The molecular formula is C18H24N6O2. The van der Waals surface area contributed by atoms with Crippen LogP contribution in [0.2, 0.25) is 0 Å². The molecule has 2 aliphatic heterocycles. The van der Waals surface area contributed by atoms with Gasteiger partial charge < -0.3 is 9.88 Å². The monoisotopic (exact) mass is 356 g/mol. The zero-order valence-corrected chi connectivity index (χ0v) is 15.0. The van der Waals surface area contributed by atoms with Crippen molar-refractivity contribution < 1.29 is 4.92 Å². The molecule has 4 rings (SSSR count). The van der Waals surface area contributed by atoms with E-state index in [9.17, 15) is 10.1 Å². The second-order valence-electron chi connectivity index (χ2n) is 7.22. The van der Waals surface area contributed by atoms with Crippen LogP contribution in [0.4, 0.5) is 5.69 Å². The molecule has 1 aromatic carbocycles. The summed E-state index contributed by atoms with van der Waals surface area (Å²) in [4.78, 5) is 13.0. The van der Waals surface area contributed by atoms with E-state index < -0.39 is 0 Å². The van der Waals surface area contributed by atoms with Crippen LogP contribution < -0.4 is 5.32 Å². The second kappa shape index (κ2) is 7.13. The molecule has 0 saturated carbocycles. The number of fused-ring (bicyclic) bond motifs is 1. The molecule has 1 saturated heterocycles. The lowest BCUT2D eigenvalue weighted by molar-refractivity contribution is -0.384. The maximum Gasteiger partial charge on any atom is 0.269 e. The normalized spacial score (nSPS) is 18.7. The number of rotatable bonds is 4. The van der Waals surface area contributed by atoms with Crippen LogP contribution in [-0.2, 0) is 19.6 Å². The van der Waals surface area contributed by atoms with Crippen molar-refractivity contribution in [1.82, 2.24) is 25.0 Å². The van der Waals surface area contributed by atoms with Crippen molar-refractivity contribution in [2.45, 2.75) is 45.3 Å². The number of nitrogens with one attached hydrogen (secondary N) is 1. The number of nitrogens with zero attached hydrogens (tertiary/aromatic N) is 5. The molecule has 0 unspecified atom stereocenters. The molecule has 0 radical (unpaired) electrons. The largest absolute Gasteiger partial charge is 0.312 e. The van der Waals surface area contributed by atoms with Crippen molar-refractivity contribution in [2.24, 2.45) is 0 Å². The molecule has 0 bridgehead atoms. The molecule has 0 aliphatic carbocycles. The summed E-state index contributed by atoms with van der Waals surface area (Å²) in [5, 5.41) is 23.0. The standard InChI is InChI=1S/C18H24N6O2/c1-13-10-16(24(25)26)3-2-15(13)12-22-7-4-14(5-8-22)18-21-20-17-11-19-6-9-23(17)18/h2-3,10,14,19H,4-9,11-12H2,1H3. The molecule has 3 heterocycles. The molecule has 2 aromatic rings. The van der Waals surface area contributed by atoms with Gasteiger partial charge in [-0.05, 0) is 44.0 Å². The fourth-order valence-electron chi connectivity index (χ4n) is 3.98. The summed E-state index contributed by atoms with van der Waals surface area (Å²) in [6, 6.07) is 5.16. The zero-order chi connectivity index (χ0) is 18.1. The first-order chi connectivity index (χ1) is 12.6. The Labute approximate surface area is 152 Å². The van der Waals surface area contributed by atoms with Crippen LogP contribution in [0.25, 0.3) is 0 Å². The Morgan fingerprint density at radius 1 is 1.27 bits per heavy atom. The first kappa shape index (κ1) is 17.1. The smallest absolute Gasteiger partial charge is 0.269 e. The summed E-state index contributed by atoms with van der Waals surface area (Å²) in [6.07, 6.45) is 2.16. The highest BCUT2D eigenvalue weighted by molar-refractivity contribution is 5.39. The summed E-state index contributed by atoms with van der Waals surface area (Å²) < 4.78 is 2.29. The van der Waals surface area contributed by atoms with Gasteiger partial charge in [-0.1, -0.05) is 6.07 Å². The van der Waals surface area contributed by atoms with Gasteiger partial charge in [-0.25, -0.2) is 0 Å². The van der Waals surface area contributed by atoms with Gasteiger partial charge in [0.25, 0.3) is 5.69 Å². The van der Waals surface area contributed by atoms with Crippen LogP contribution in [0.15, 0.2) is 18.2 Å². The molecule has 2 aliphatic rings. The van der Waals surface area contributed by atoms with Crippen molar-refractivity contribution in [3.05, 3.63) is 51.1 Å². The summed E-state index contributed by atoms with van der Waals surface area (Å²) in [7, 11) is 0. The summed E-state index contributed by atoms with van der Waals surface area (Å²) >= 11 is 0. The van der Waals surface area contributed by atoms with E-state index in [4.69, 9.17) is 0 Å². The molecule has 1 fully saturated rings. The van der Waals surface area contributed by atoms with E-state index in [2.05, 4.69) is 25.0 Å². The van der Waals surface area contributed by atoms with Gasteiger partial charge in [0, 0.05) is 37.7 Å². The minimum Gasteiger partial charge on any atom is -0.312 e. The van der Waals surface area contributed by atoms with Crippen LogP contribution in [0.5, 0.6) is 0 Å². The average Bonchev–Trinajstić information content (AvgIpc) is 3.08. The SMILES string of the molecule is Cc1cc([N+](=O)[O-])ccc1CN1CCC(c2nnc3n2CCNC3)CC1. The minimum atomic E-state index is -0.336. The highest BCUT2D eigenvalue weighted by Crippen LogP contribution is 2.29. The molecule has 1 aromatic heterocycles. The van der Waals surface area contributed by atoms with E-state index in [0.717, 1.165) is 69.3 Å². The van der Waals surface area contributed by atoms with E-state index in [1.807, 2.05) is 13.0 Å². The number of aromatic nitrogens is 3. The predicted octanol–water partition coefficient (Wildman–Crippen LogP) is 1.98. The third-order valence-corrected chi connectivity index (χ3v) is 5.53. The number of hydrogen-bond acceptors (Lipinski definition) is 6. The number of likely N-dealkylation sites (tertiary alicyclic amines) is 1. The molecular weight excluding hydrogens is 332 g/mol. The lowest BCUT2D eigenvalue weighted by Crippen LogP contribution is -2.34. The molecule has 8 heteroatoms. The molecule has 0 amide bonds. The molecule has 8 nitrogen and oxygen atoms in total. The first-order valence-electron chi connectivity index (χ1n) is 9.21. The Balaban J connectivity index is 1.38. The predicted molar refractivity (Wildman–Crippen MR) is 96.8 cm³/mol. The van der Waals surface area contributed by atoms with Crippen LogP contribution in [0.1, 0.15) is 41.5 Å². The van der Waals surface area contributed by atoms with Crippen molar-refractivity contribution in [3.8, 4) is 0 Å². The number of hydrogen-bond donors (Lipinski definition) is 1. The van der Waals surface area contributed by atoms with E-state index in [-0.39, 0.29) is 10.6 Å². The van der Waals surface area contributed by atoms with Crippen LogP contribution in [0.3, 0.4) is 0 Å². The van der Waals surface area contributed by atoms with Gasteiger partial charge in [0.15, 0.2) is 0 Å². The van der Waals surface area contributed by atoms with Gasteiger partial charge in [0.2, 0.25) is 0 Å². The van der Waals surface area contributed by atoms with Crippen LogP contribution in [0, 0.1) is 17.0 Å². The van der Waals surface area contributed by atoms with Gasteiger partial charge in [0.1, 0.15) is 11.6 Å². The topological polar surface area (TPSA) is 89.1 Å². The van der Waals surface area contributed by atoms with E-state index in [1.165, 1.54) is 5.56 Å². The Morgan fingerprint density at radius 2 is 2.08 bits per heavy atom. The summed E-state index contributed by atoms with van der Waals surface area (Å²) in [6.45, 7) is 7.58. The van der Waals surface area contributed by atoms with E-state index in [1.54, 1.807) is 12.1 Å². The number of piperidine rings is 1. The quantitative estimate of drug-likeness (QED) is 0.665. The number of nitro benzene ring substituents is 1. The highest BCUT2D eigenvalue weighted by Gasteiger charge is 2.27. The summed E-state index contributed by atoms with van der Waals surface area (Å²) in [5.74, 6) is 2.67. The van der Waals surface area contributed by atoms with Crippen LogP contribution >= 0.6 is 0 Å². The Hall–Kier alpha value is -2.32. The first-order valence-corrected chi connectivity index (χ1v) is 9.21. The van der Waals surface area contributed by atoms with Gasteiger partial charge in [-0.15, -0.1) is 10.2 Å². The van der Waals surface area contributed by atoms with Crippen LogP contribution in [-0.4, -0.2) is 44.2 Å². The number of nitro groups is 1. The molecule has 0 atom stereocenters. The Morgan fingerprint density at radius 3 is 2.81 bits per heavy atom. The number of aryl methyl sites for hydroxylation is 1. The molecule has 26 heavy (non-hydrogen) atoms. The lowest BCUT2D eigenvalue weighted by atomic mass is 9.95. The maximum absolute atomic E-state index is 10.9. The molecule has 0 spiro atoms. The third-order valence-electron chi connectivity index (χ3n) is 5.53. The lowest BCUT2D eigenvalue weighted by Gasteiger charge is -2.32. The van der Waals surface area contributed by atoms with Gasteiger partial charge in [-0.2, -0.15) is 0 Å². The van der Waals surface area contributed by atoms with E-state index >= 15 is 0 Å². The van der Waals surface area contributed by atoms with Gasteiger partial charge in [0.05, 0.1) is 11.5 Å². The highest BCUT2D eigenvalue weighted by atomic mass is 16.6. The fourth-order valence-corrected chi connectivity index (χ4v) is 3.98. The average molecular weight is 356 g/mol. The zero-order valence-electron chi connectivity index (χ0n) is 15.0. The molecule has 1 N–H and O–H groups in total. The van der Waals surface area contributed by atoms with Crippen molar-refractivity contribution in [2.75, 3.05) is 19.6 Å². The second-order valence-corrected chi connectivity index (χ2v) is 7.22. The number of benzene rings is 1. The van der Waals surface area contributed by atoms with Crippen molar-refractivity contribution in [1.29, 1.82) is 0 Å². The van der Waals surface area contributed by atoms with Crippen molar-refractivity contribution >= 4 is 5.69 Å². The van der Waals surface area contributed by atoms with Gasteiger partial charge in [-0.3, -0.25) is 15.0 Å². The van der Waals surface area contributed by atoms with Gasteiger partial charge >= 0.3 is 0 Å². The third kappa shape index (κ3) is 3.34. The maximum atomic E-state index is 10.9. The summed E-state index contributed by atoms with van der Waals surface area (Å²) in [5.41, 5.74) is 2.32. The van der Waals surface area contributed by atoms with E-state index in [0.29, 0.717) is 5.92 Å². The van der Waals surface area contributed by atoms with Crippen molar-refractivity contribution in [3.63, 3.8) is 0 Å². The fraction of sp³-hybridized carbons (Fsp3) is 0.556. The number of non-ortho nitro benzene ring substituents is 1. The Bertz CT molecular complexity index is 810. The minimum absolute atomic E-state index is 0.163. The Kier molecular flexibility index (Phi) is 4.69.